The highest BCUT2D eigenvalue weighted by atomic mass is 16.3. The summed E-state index contributed by atoms with van der Waals surface area (Å²) in [5.74, 6) is -0.558. The molecule has 1 aromatic heterocycles. The van der Waals surface area contributed by atoms with Gasteiger partial charge < -0.3 is 15.3 Å². The summed E-state index contributed by atoms with van der Waals surface area (Å²) >= 11 is 0. The fourth-order valence-electron chi connectivity index (χ4n) is 1.90. The molecule has 0 aliphatic carbocycles. The summed E-state index contributed by atoms with van der Waals surface area (Å²) in [5.41, 5.74) is 0.0266. The van der Waals surface area contributed by atoms with E-state index in [1.165, 1.54) is 12.3 Å². The second-order valence-corrected chi connectivity index (χ2v) is 4.27. The molecule has 2 rings (SSSR count). The maximum atomic E-state index is 12.3. The Balaban J connectivity index is 2.22. The number of rotatable bonds is 1. The Labute approximate surface area is 105 Å². The molecule has 0 saturated carbocycles. The van der Waals surface area contributed by atoms with Gasteiger partial charge in [0.25, 0.3) is 5.91 Å². The molecule has 2 heterocycles. The molecule has 6 nitrogen and oxygen atoms in total. The number of nitrogens with zero attached hydrogens (tertiary/aromatic N) is 2. The first-order chi connectivity index (χ1) is 8.59. The van der Waals surface area contributed by atoms with E-state index in [0.717, 1.165) is 0 Å². The van der Waals surface area contributed by atoms with Gasteiger partial charge in [-0.3, -0.25) is 9.59 Å². The van der Waals surface area contributed by atoms with E-state index < -0.39 is 0 Å². The van der Waals surface area contributed by atoms with Crippen molar-refractivity contribution in [2.24, 2.45) is 0 Å². The highest BCUT2D eigenvalue weighted by molar-refractivity contribution is 5.95. The highest BCUT2D eigenvalue weighted by Crippen LogP contribution is 2.17. The standard InChI is InChI=1S/C12H15N3O3/c1-8-7-14-10(17)4-6-15(8)12(18)11-9(16)3-2-5-13-11/h2-3,5,8,16H,4,6-7H2,1H3,(H,14,17)/t8-/m1/s1. The van der Waals surface area contributed by atoms with Gasteiger partial charge in [0.2, 0.25) is 5.91 Å². The monoisotopic (exact) mass is 249 g/mol. The Morgan fingerprint density at radius 3 is 3.11 bits per heavy atom. The average molecular weight is 249 g/mol. The predicted molar refractivity (Wildman–Crippen MR) is 64.0 cm³/mol. The van der Waals surface area contributed by atoms with E-state index in [9.17, 15) is 14.7 Å². The quantitative estimate of drug-likeness (QED) is 0.741. The SMILES string of the molecule is C[C@@H]1CNC(=O)CCN1C(=O)c1ncccc1O. The number of pyridine rings is 1. The number of hydrogen-bond donors (Lipinski definition) is 2. The number of carbonyl (C=O) groups excluding carboxylic acids is 2. The lowest BCUT2D eigenvalue weighted by molar-refractivity contribution is -0.120. The molecule has 18 heavy (non-hydrogen) atoms. The van der Waals surface area contributed by atoms with Gasteiger partial charge in [-0.1, -0.05) is 0 Å². The Bertz CT molecular complexity index is 475. The van der Waals surface area contributed by atoms with Crippen molar-refractivity contribution in [3.05, 3.63) is 24.0 Å². The van der Waals surface area contributed by atoms with Crippen molar-refractivity contribution >= 4 is 11.8 Å². The Hall–Kier alpha value is -2.11. The lowest BCUT2D eigenvalue weighted by Crippen LogP contribution is -2.42. The minimum Gasteiger partial charge on any atom is -0.505 e. The van der Waals surface area contributed by atoms with Gasteiger partial charge in [0, 0.05) is 31.7 Å². The predicted octanol–water partition coefficient (Wildman–Crippen LogP) is 0.138. The van der Waals surface area contributed by atoms with Crippen molar-refractivity contribution in [3.63, 3.8) is 0 Å². The van der Waals surface area contributed by atoms with Gasteiger partial charge in [-0.25, -0.2) is 4.98 Å². The highest BCUT2D eigenvalue weighted by Gasteiger charge is 2.27. The van der Waals surface area contributed by atoms with Gasteiger partial charge in [0.05, 0.1) is 0 Å². The number of amides is 2. The Morgan fingerprint density at radius 2 is 2.39 bits per heavy atom. The molecule has 0 aromatic carbocycles. The minimum atomic E-state index is -0.350. The van der Waals surface area contributed by atoms with E-state index in [2.05, 4.69) is 10.3 Å². The molecule has 1 aromatic rings. The van der Waals surface area contributed by atoms with Gasteiger partial charge in [0.15, 0.2) is 5.69 Å². The van der Waals surface area contributed by atoms with Gasteiger partial charge in [-0.15, -0.1) is 0 Å². The van der Waals surface area contributed by atoms with Gasteiger partial charge in [0.1, 0.15) is 5.75 Å². The summed E-state index contributed by atoms with van der Waals surface area (Å²) in [4.78, 5) is 29.0. The van der Waals surface area contributed by atoms with Crippen molar-refractivity contribution < 1.29 is 14.7 Å². The van der Waals surface area contributed by atoms with E-state index >= 15 is 0 Å². The van der Waals surface area contributed by atoms with E-state index in [4.69, 9.17) is 0 Å². The maximum Gasteiger partial charge on any atom is 0.276 e. The van der Waals surface area contributed by atoms with Crippen LogP contribution in [-0.4, -0.2) is 45.9 Å². The molecule has 1 aliphatic rings. The molecule has 1 saturated heterocycles. The second kappa shape index (κ2) is 5.03. The molecule has 2 amide bonds. The van der Waals surface area contributed by atoms with E-state index in [1.807, 2.05) is 6.92 Å². The smallest absolute Gasteiger partial charge is 0.276 e. The first kappa shape index (κ1) is 12.3. The van der Waals surface area contributed by atoms with Crippen LogP contribution in [0.1, 0.15) is 23.8 Å². The zero-order chi connectivity index (χ0) is 13.1. The minimum absolute atomic E-state index is 0.0266. The molecular weight excluding hydrogens is 234 g/mol. The van der Waals surface area contributed by atoms with E-state index in [-0.39, 0.29) is 35.7 Å². The fraction of sp³-hybridized carbons (Fsp3) is 0.417. The topological polar surface area (TPSA) is 82.5 Å². The average Bonchev–Trinajstić information content (AvgIpc) is 2.52. The van der Waals surface area contributed by atoms with Crippen LogP contribution in [0.2, 0.25) is 0 Å². The summed E-state index contributed by atoms with van der Waals surface area (Å²) in [6, 6.07) is 2.86. The third-order valence-corrected chi connectivity index (χ3v) is 2.96. The van der Waals surface area contributed by atoms with Crippen LogP contribution in [0.4, 0.5) is 0 Å². The van der Waals surface area contributed by atoms with Crippen LogP contribution < -0.4 is 5.32 Å². The molecule has 0 unspecified atom stereocenters. The number of hydrogen-bond acceptors (Lipinski definition) is 4. The number of nitrogens with one attached hydrogen (secondary N) is 1. The first-order valence-corrected chi connectivity index (χ1v) is 5.81. The second-order valence-electron chi connectivity index (χ2n) is 4.27. The van der Waals surface area contributed by atoms with Crippen molar-refractivity contribution in [1.82, 2.24) is 15.2 Å². The third-order valence-electron chi connectivity index (χ3n) is 2.96. The van der Waals surface area contributed by atoms with Crippen molar-refractivity contribution in [3.8, 4) is 5.75 Å². The third kappa shape index (κ3) is 2.42. The van der Waals surface area contributed by atoms with Crippen molar-refractivity contribution in [2.45, 2.75) is 19.4 Å². The van der Waals surface area contributed by atoms with E-state index in [1.54, 1.807) is 11.0 Å². The van der Waals surface area contributed by atoms with Crippen LogP contribution in [0, 0.1) is 0 Å². The van der Waals surface area contributed by atoms with Crippen LogP contribution in [0.5, 0.6) is 5.75 Å². The van der Waals surface area contributed by atoms with Crippen LogP contribution in [0.15, 0.2) is 18.3 Å². The molecule has 1 atom stereocenters. The lowest BCUT2D eigenvalue weighted by Gasteiger charge is -2.26. The zero-order valence-electron chi connectivity index (χ0n) is 10.1. The van der Waals surface area contributed by atoms with Crippen molar-refractivity contribution in [2.75, 3.05) is 13.1 Å². The molecule has 1 aliphatic heterocycles. The summed E-state index contributed by atoms with van der Waals surface area (Å²) in [5, 5.41) is 12.4. The van der Waals surface area contributed by atoms with Gasteiger partial charge >= 0.3 is 0 Å². The number of aromatic nitrogens is 1. The summed E-state index contributed by atoms with van der Waals surface area (Å²) < 4.78 is 0. The van der Waals surface area contributed by atoms with Crippen molar-refractivity contribution in [1.29, 1.82) is 0 Å². The molecule has 2 N–H and O–H groups in total. The molecule has 1 fully saturated rings. The summed E-state index contributed by atoms with van der Waals surface area (Å²) in [7, 11) is 0. The van der Waals surface area contributed by atoms with Crippen LogP contribution >= 0.6 is 0 Å². The first-order valence-electron chi connectivity index (χ1n) is 5.81. The van der Waals surface area contributed by atoms with Gasteiger partial charge in [-0.05, 0) is 19.1 Å². The lowest BCUT2D eigenvalue weighted by atomic mass is 10.2. The van der Waals surface area contributed by atoms with Gasteiger partial charge in [-0.2, -0.15) is 0 Å². The number of carbonyl (C=O) groups is 2. The summed E-state index contributed by atoms with van der Waals surface area (Å²) in [6.07, 6.45) is 1.72. The molecule has 0 radical (unpaired) electrons. The summed E-state index contributed by atoms with van der Waals surface area (Å²) in [6.45, 7) is 2.60. The fourth-order valence-corrected chi connectivity index (χ4v) is 1.90. The van der Waals surface area contributed by atoms with Crippen LogP contribution in [-0.2, 0) is 4.79 Å². The van der Waals surface area contributed by atoms with Crippen LogP contribution in [0.25, 0.3) is 0 Å². The molecule has 0 bridgehead atoms. The molecule has 6 heteroatoms. The maximum absolute atomic E-state index is 12.3. The molecule has 96 valence electrons. The number of aromatic hydroxyl groups is 1. The Kier molecular flexibility index (Phi) is 3.45. The largest absolute Gasteiger partial charge is 0.505 e. The normalized spacial score (nSPS) is 20.2. The Morgan fingerprint density at radius 1 is 1.61 bits per heavy atom. The molecular formula is C12H15N3O3. The van der Waals surface area contributed by atoms with Crippen LogP contribution in [0.3, 0.4) is 0 Å². The van der Waals surface area contributed by atoms with E-state index in [0.29, 0.717) is 13.1 Å². The zero-order valence-corrected chi connectivity index (χ0v) is 10.1. The molecule has 0 spiro atoms.